The lowest BCUT2D eigenvalue weighted by Crippen LogP contribution is -2.13. The summed E-state index contributed by atoms with van der Waals surface area (Å²) in [6, 6.07) is 10.4. The van der Waals surface area contributed by atoms with Crippen molar-refractivity contribution in [3.63, 3.8) is 0 Å². The summed E-state index contributed by atoms with van der Waals surface area (Å²) in [5.74, 6) is 0.669. The zero-order chi connectivity index (χ0) is 17.8. The van der Waals surface area contributed by atoms with Crippen LogP contribution in [0.15, 0.2) is 55.1 Å². The van der Waals surface area contributed by atoms with Gasteiger partial charge in [-0.2, -0.15) is 0 Å². The van der Waals surface area contributed by atoms with Gasteiger partial charge in [0.2, 0.25) is 0 Å². The van der Waals surface area contributed by atoms with Crippen molar-refractivity contribution in [3.8, 4) is 17.2 Å². The van der Waals surface area contributed by atoms with Crippen LogP contribution in [0.3, 0.4) is 0 Å². The number of anilines is 1. The van der Waals surface area contributed by atoms with Crippen LogP contribution >= 0.6 is 11.6 Å². The molecule has 0 aliphatic carbocycles. The van der Waals surface area contributed by atoms with Crippen molar-refractivity contribution in [3.05, 3.63) is 65.7 Å². The van der Waals surface area contributed by atoms with Gasteiger partial charge in [-0.1, -0.05) is 11.6 Å². The number of amides is 1. The lowest BCUT2D eigenvalue weighted by molar-refractivity contribution is 0.102. The molecule has 0 bridgehead atoms. The van der Waals surface area contributed by atoms with Gasteiger partial charge in [-0.05, 0) is 30.3 Å². The average Bonchev–Trinajstić information content (AvgIpc) is 3.17. The summed E-state index contributed by atoms with van der Waals surface area (Å²) < 4.78 is 12.3. The number of halogens is 1. The summed E-state index contributed by atoms with van der Waals surface area (Å²) in [6.45, 7) is 0. The Morgan fingerprint density at radius 2 is 1.84 bits per heavy atom. The number of nitrogens with one attached hydrogen (secondary N) is 1. The molecular formula is C18H16ClN3O3. The van der Waals surface area contributed by atoms with E-state index >= 15 is 0 Å². The molecule has 128 valence electrons. The van der Waals surface area contributed by atoms with Crippen LogP contribution in [0.25, 0.3) is 5.69 Å². The molecule has 3 aromatic rings. The molecule has 6 nitrogen and oxygen atoms in total. The molecule has 1 aromatic heterocycles. The molecule has 0 aliphatic rings. The molecular weight excluding hydrogens is 342 g/mol. The molecule has 25 heavy (non-hydrogen) atoms. The molecule has 0 spiro atoms. The molecule has 0 radical (unpaired) electrons. The second-order valence-corrected chi connectivity index (χ2v) is 5.57. The molecule has 0 saturated heterocycles. The predicted octanol–water partition coefficient (Wildman–Crippen LogP) is 3.80. The van der Waals surface area contributed by atoms with Crippen molar-refractivity contribution in [2.45, 2.75) is 0 Å². The fraction of sp³-hybridized carbons (Fsp3) is 0.111. The largest absolute Gasteiger partial charge is 0.495 e. The fourth-order valence-corrected chi connectivity index (χ4v) is 2.59. The van der Waals surface area contributed by atoms with Crippen molar-refractivity contribution in [2.24, 2.45) is 0 Å². The third-order valence-corrected chi connectivity index (χ3v) is 3.95. The van der Waals surface area contributed by atoms with Gasteiger partial charge in [0.1, 0.15) is 11.5 Å². The fourth-order valence-electron chi connectivity index (χ4n) is 2.35. The molecule has 0 unspecified atom stereocenters. The maximum atomic E-state index is 12.5. The van der Waals surface area contributed by atoms with Crippen molar-refractivity contribution in [2.75, 3.05) is 19.5 Å². The minimum Gasteiger partial charge on any atom is -0.495 e. The van der Waals surface area contributed by atoms with Crippen molar-refractivity contribution in [1.29, 1.82) is 0 Å². The normalized spacial score (nSPS) is 10.4. The van der Waals surface area contributed by atoms with E-state index in [1.54, 1.807) is 36.8 Å². The highest BCUT2D eigenvalue weighted by Gasteiger charge is 2.13. The first-order chi connectivity index (χ1) is 12.1. The maximum absolute atomic E-state index is 12.5. The Hall–Kier alpha value is -2.99. The molecule has 3 rings (SSSR count). The van der Waals surface area contributed by atoms with Crippen molar-refractivity contribution < 1.29 is 14.3 Å². The van der Waals surface area contributed by atoms with Crippen LogP contribution in [0, 0.1) is 0 Å². The summed E-state index contributed by atoms with van der Waals surface area (Å²) in [4.78, 5) is 16.5. The van der Waals surface area contributed by atoms with E-state index in [4.69, 9.17) is 21.1 Å². The monoisotopic (exact) mass is 357 g/mol. The summed E-state index contributed by atoms with van der Waals surface area (Å²) in [5, 5.41) is 3.18. The highest BCUT2D eigenvalue weighted by atomic mass is 35.5. The summed E-state index contributed by atoms with van der Waals surface area (Å²) in [5.41, 5.74) is 1.90. The minimum absolute atomic E-state index is 0.267. The van der Waals surface area contributed by atoms with E-state index in [1.807, 2.05) is 22.9 Å². The van der Waals surface area contributed by atoms with Crippen LogP contribution in [-0.4, -0.2) is 29.7 Å². The molecule has 0 saturated carbocycles. The van der Waals surface area contributed by atoms with E-state index in [0.29, 0.717) is 27.8 Å². The first kappa shape index (κ1) is 16.9. The number of nitrogens with zero attached hydrogens (tertiary/aromatic N) is 2. The second kappa shape index (κ2) is 7.27. The number of carbonyl (C=O) groups is 1. The van der Waals surface area contributed by atoms with E-state index in [-0.39, 0.29) is 5.91 Å². The maximum Gasteiger partial charge on any atom is 0.255 e. The Bertz CT molecular complexity index is 877. The van der Waals surface area contributed by atoms with E-state index in [1.165, 1.54) is 14.2 Å². The van der Waals surface area contributed by atoms with Crippen molar-refractivity contribution in [1.82, 2.24) is 9.55 Å². The van der Waals surface area contributed by atoms with Gasteiger partial charge in [-0.3, -0.25) is 4.79 Å². The number of hydrogen-bond donors (Lipinski definition) is 1. The van der Waals surface area contributed by atoms with Crippen LogP contribution in [0.2, 0.25) is 5.02 Å². The molecule has 1 amide bonds. The van der Waals surface area contributed by atoms with Gasteiger partial charge >= 0.3 is 0 Å². The number of carbonyl (C=O) groups excluding carboxylic acids is 1. The van der Waals surface area contributed by atoms with E-state index < -0.39 is 0 Å². The predicted molar refractivity (Wildman–Crippen MR) is 96.1 cm³/mol. The number of imidazole rings is 1. The average molecular weight is 358 g/mol. The highest BCUT2D eigenvalue weighted by Crippen LogP contribution is 2.36. The van der Waals surface area contributed by atoms with E-state index in [9.17, 15) is 4.79 Å². The quantitative estimate of drug-likeness (QED) is 0.754. The zero-order valence-corrected chi connectivity index (χ0v) is 14.4. The van der Waals surface area contributed by atoms with Gasteiger partial charge in [0.25, 0.3) is 5.91 Å². The molecule has 0 aliphatic heterocycles. The van der Waals surface area contributed by atoms with Gasteiger partial charge in [0.05, 0.1) is 31.3 Å². The Balaban J connectivity index is 1.81. The lowest BCUT2D eigenvalue weighted by Gasteiger charge is -2.13. The summed E-state index contributed by atoms with van der Waals surface area (Å²) in [7, 11) is 3.03. The molecule has 1 N–H and O–H groups in total. The molecule has 0 atom stereocenters. The van der Waals surface area contributed by atoms with Crippen LogP contribution in [0.5, 0.6) is 11.5 Å². The molecule has 0 fully saturated rings. The smallest absolute Gasteiger partial charge is 0.255 e. The Kier molecular flexibility index (Phi) is 4.90. The summed E-state index contributed by atoms with van der Waals surface area (Å²) in [6.07, 6.45) is 5.22. The van der Waals surface area contributed by atoms with Gasteiger partial charge in [-0.15, -0.1) is 0 Å². The highest BCUT2D eigenvalue weighted by molar-refractivity contribution is 6.32. The van der Waals surface area contributed by atoms with Crippen molar-refractivity contribution >= 4 is 23.2 Å². The number of aromatic nitrogens is 2. The standard InChI is InChI=1S/C18H16ClN3O3/c1-24-16-10-17(25-2)15(9-14(16)19)21-18(23)12-3-5-13(6-4-12)22-8-7-20-11-22/h3-11H,1-2H3,(H,21,23). The first-order valence-electron chi connectivity index (χ1n) is 7.43. The Morgan fingerprint density at radius 3 is 2.44 bits per heavy atom. The number of rotatable bonds is 5. The van der Waals surface area contributed by atoms with Gasteiger partial charge < -0.3 is 19.4 Å². The third kappa shape index (κ3) is 3.59. The van der Waals surface area contributed by atoms with Crippen LogP contribution in [-0.2, 0) is 0 Å². The Morgan fingerprint density at radius 1 is 1.12 bits per heavy atom. The van der Waals surface area contributed by atoms with E-state index in [2.05, 4.69) is 10.3 Å². The SMILES string of the molecule is COc1cc(OC)c(NC(=O)c2ccc(-n3ccnc3)cc2)cc1Cl. The minimum atomic E-state index is -0.267. The van der Waals surface area contributed by atoms with Crippen LogP contribution < -0.4 is 14.8 Å². The lowest BCUT2D eigenvalue weighted by atomic mass is 10.2. The molecule has 2 aromatic carbocycles. The second-order valence-electron chi connectivity index (χ2n) is 5.16. The van der Waals surface area contributed by atoms with Crippen LogP contribution in [0.1, 0.15) is 10.4 Å². The third-order valence-electron chi connectivity index (χ3n) is 3.65. The first-order valence-corrected chi connectivity index (χ1v) is 7.81. The zero-order valence-electron chi connectivity index (χ0n) is 13.7. The molecule has 1 heterocycles. The van der Waals surface area contributed by atoms with Crippen LogP contribution in [0.4, 0.5) is 5.69 Å². The number of hydrogen-bond acceptors (Lipinski definition) is 4. The number of methoxy groups -OCH3 is 2. The van der Waals surface area contributed by atoms with E-state index in [0.717, 1.165) is 5.69 Å². The Labute approximate surface area is 150 Å². The number of benzene rings is 2. The van der Waals surface area contributed by atoms with Gasteiger partial charge in [0, 0.05) is 29.7 Å². The number of ether oxygens (including phenoxy) is 2. The molecule has 7 heteroatoms. The van der Waals surface area contributed by atoms with Gasteiger partial charge in [-0.25, -0.2) is 4.98 Å². The summed E-state index contributed by atoms with van der Waals surface area (Å²) >= 11 is 6.13. The topological polar surface area (TPSA) is 65.4 Å². The van der Waals surface area contributed by atoms with Gasteiger partial charge in [0.15, 0.2) is 0 Å².